The molecule has 0 heterocycles. The van der Waals surface area contributed by atoms with Crippen molar-refractivity contribution in [2.75, 3.05) is 13.1 Å². The summed E-state index contributed by atoms with van der Waals surface area (Å²) in [7, 11) is 0. The van der Waals surface area contributed by atoms with Gasteiger partial charge in [0.2, 0.25) is 11.8 Å². The van der Waals surface area contributed by atoms with Crippen LogP contribution in [0.1, 0.15) is 25.5 Å². The molecular formula is C14H21N3O2. The van der Waals surface area contributed by atoms with Crippen LogP contribution in [0.25, 0.3) is 0 Å². The molecule has 1 atom stereocenters. The van der Waals surface area contributed by atoms with Gasteiger partial charge in [-0.2, -0.15) is 0 Å². The number of rotatable bonds is 7. The van der Waals surface area contributed by atoms with Crippen molar-refractivity contribution in [1.29, 1.82) is 0 Å². The average molecular weight is 263 g/mol. The Labute approximate surface area is 113 Å². The van der Waals surface area contributed by atoms with Gasteiger partial charge in [0.05, 0.1) is 0 Å². The van der Waals surface area contributed by atoms with Crippen molar-refractivity contribution in [2.45, 2.75) is 19.9 Å². The predicted octanol–water partition coefficient (Wildman–Crippen LogP) is 0.575. The predicted molar refractivity (Wildman–Crippen MR) is 74.2 cm³/mol. The molecule has 0 bridgehead atoms. The average Bonchev–Trinajstić information content (AvgIpc) is 2.38. The van der Waals surface area contributed by atoms with Crippen LogP contribution in [0.15, 0.2) is 30.3 Å². The molecule has 2 amide bonds. The largest absolute Gasteiger partial charge is 0.368 e. The summed E-state index contributed by atoms with van der Waals surface area (Å²) in [4.78, 5) is 22.8. The van der Waals surface area contributed by atoms with Gasteiger partial charge in [-0.1, -0.05) is 44.2 Å². The number of benzene rings is 1. The first-order valence-electron chi connectivity index (χ1n) is 6.37. The van der Waals surface area contributed by atoms with Crippen LogP contribution in [0, 0.1) is 5.92 Å². The highest BCUT2D eigenvalue weighted by Crippen LogP contribution is 2.11. The summed E-state index contributed by atoms with van der Waals surface area (Å²) < 4.78 is 0. The normalized spacial score (nSPS) is 12.2. The molecular weight excluding hydrogens is 242 g/mol. The number of carbonyl (C=O) groups is 2. The highest BCUT2D eigenvalue weighted by molar-refractivity contribution is 5.81. The quantitative estimate of drug-likeness (QED) is 0.629. The van der Waals surface area contributed by atoms with Gasteiger partial charge in [-0.15, -0.1) is 0 Å². The molecule has 0 aliphatic rings. The first-order valence-corrected chi connectivity index (χ1v) is 6.37. The van der Waals surface area contributed by atoms with Crippen LogP contribution < -0.4 is 16.4 Å². The van der Waals surface area contributed by atoms with E-state index in [0.717, 1.165) is 5.56 Å². The second kappa shape index (κ2) is 7.53. The summed E-state index contributed by atoms with van der Waals surface area (Å²) in [6.45, 7) is 4.62. The number of amides is 2. The summed E-state index contributed by atoms with van der Waals surface area (Å²) >= 11 is 0. The lowest BCUT2D eigenvalue weighted by atomic mass is 10.1. The SMILES string of the molecule is CC(C)C(=O)NCCN[C@@H](C(N)=O)c1ccccc1. The van der Waals surface area contributed by atoms with Gasteiger partial charge in [0.15, 0.2) is 0 Å². The molecule has 0 fully saturated rings. The maximum absolute atomic E-state index is 11.4. The summed E-state index contributed by atoms with van der Waals surface area (Å²) in [6, 6.07) is 8.74. The van der Waals surface area contributed by atoms with E-state index in [2.05, 4.69) is 10.6 Å². The van der Waals surface area contributed by atoms with Crippen molar-refractivity contribution < 1.29 is 9.59 Å². The first-order chi connectivity index (χ1) is 9.02. The van der Waals surface area contributed by atoms with Crippen LogP contribution in [0.2, 0.25) is 0 Å². The van der Waals surface area contributed by atoms with Crippen LogP contribution in [0.4, 0.5) is 0 Å². The Kier molecular flexibility index (Phi) is 6.02. The van der Waals surface area contributed by atoms with Gasteiger partial charge in [-0.05, 0) is 5.56 Å². The van der Waals surface area contributed by atoms with Crippen LogP contribution in [0.5, 0.6) is 0 Å². The smallest absolute Gasteiger partial charge is 0.239 e. The van der Waals surface area contributed by atoms with Gasteiger partial charge >= 0.3 is 0 Å². The highest BCUT2D eigenvalue weighted by atomic mass is 16.2. The Balaban J connectivity index is 2.44. The molecule has 0 saturated carbocycles. The number of nitrogens with one attached hydrogen (secondary N) is 2. The third-order valence-electron chi connectivity index (χ3n) is 2.71. The Morgan fingerprint density at radius 2 is 1.79 bits per heavy atom. The number of hydrogen-bond acceptors (Lipinski definition) is 3. The zero-order valence-corrected chi connectivity index (χ0v) is 11.3. The van der Waals surface area contributed by atoms with E-state index in [1.165, 1.54) is 0 Å². The molecule has 5 nitrogen and oxygen atoms in total. The zero-order chi connectivity index (χ0) is 14.3. The van der Waals surface area contributed by atoms with Gasteiger partial charge in [0, 0.05) is 19.0 Å². The van der Waals surface area contributed by atoms with E-state index in [1.807, 2.05) is 44.2 Å². The summed E-state index contributed by atoms with van der Waals surface area (Å²) in [5.41, 5.74) is 6.19. The van der Waals surface area contributed by atoms with Crippen LogP contribution in [0.3, 0.4) is 0 Å². The molecule has 4 N–H and O–H groups in total. The number of nitrogens with two attached hydrogens (primary N) is 1. The van der Waals surface area contributed by atoms with Gasteiger partial charge in [-0.3, -0.25) is 9.59 Å². The van der Waals surface area contributed by atoms with Crippen molar-refractivity contribution in [3.8, 4) is 0 Å². The second-order valence-corrected chi connectivity index (χ2v) is 4.65. The molecule has 1 rings (SSSR count). The minimum Gasteiger partial charge on any atom is -0.368 e. The lowest BCUT2D eigenvalue weighted by Crippen LogP contribution is -2.39. The molecule has 0 unspecified atom stereocenters. The molecule has 0 spiro atoms. The van der Waals surface area contributed by atoms with Gasteiger partial charge in [-0.25, -0.2) is 0 Å². The fourth-order valence-corrected chi connectivity index (χ4v) is 1.63. The number of hydrogen-bond donors (Lipinski definition) is 3. The van der Waals surface area contributed by atoms with Crippen molar-refractivity contribution in [3.63, 3.8) is 0 Å². The van der Waals surface area contributed by atoms with E-state index in [4.69, 9.17) is 5.73 Å². The highest BCUT2D eigenvalue weighted by Gasteiger charge is 2.16. The fraction of sp³-hybridized carbons (Fsp3) is 0.429. The minimum absolute atomic E-state index is 0.00265. The van der Waals surface area contributed by atoms with Gasteiger partial charge < -0.3 is 16.4 Å². The van der Waals surface area contributed by atoms with E-state index < -0.39 is 11.9 Å². The van der Waals surface area contributed by atoms with Crippen molar-refractivity contribution in [1.82, 2.24) is 10.6 Å². The van der Waals surface area contributed by atoms with Gasteiger partial charge in [0.25, 0.3) is 0 Å². The lowest BCUT2D eigenvalue weighted by molar-refractivity contribution is -0.123. The zero-order valence-electron chi connectivity index (χ0n) is 11.3. The van der Waals surface area contributed by atoms with E-state index in [-0.39, 0.29) is 11.8 Å². The van der Waals surface area contributed by atoms with E-state index in [9.17, 15) is 9.59 Å². The fourth-order valence-electron chi connectivity index (χ4n) is 1.63. The first kappa shape index (κ1) is 15.2. The summed E-state index contributed by atoms with van der Waals surface area (Å²) in [5, 5.41) is 5.81. The number of carbonyl (C=O) groups excluding carboxylic acids is 2. The summed E-state index contributed by atoms with van der Waals surface area (Å²) in [5.74, 6) is -0.473. The van der Waals surface area contributed by atoms with Crippen LogP contribution >= 0.6 is 0 Å². The lowest BCUT2D eigenvalue weighted by Gasteiger charge is -2.16. The molecule has 0 saturated heterocycles. The molecule has 0 aliphatic carbocycles. The molecule has 0 aliphatic heterocycles. The Bertz CT molecular complexity index is 418. The molecule has 0 radical (unpaired) electrons. The molecule has 19 heavy (non-hydrogen) atoms. The standard InChI is InChI=1S/C14H21N3O2/c1-10(2)14(19)17-9-8-16-12(13(15)18)11-6-4-3-5-7-11/h3-7,10,12,16H,8-9H2,1-2H3,(H2,15,18)(H,17,19)/t12-/m1/s1. The molecule has 5 heteroatoms. The minimum atomic E-state index is -0.530. The Morgan fingerprint density at radius 3 is 2.32 bits per heavy atom. The molecule has 1 aromatic carbocycles. The maximum Gasteiger partial charge on any atom is 0.239 e. The Hall–Kier alpha value is -1.88. The van der Waals surface area contributed by atoms with E-state index >= 15 is 0 Å². The topological polar surface area (TPSA) is 84.2 Å². The summed E-state index contributed by atoms with van der Waals surface area (Å²) in [6.07, 6.45) is 0. The molecule has 0 aromatic heterocycles. The Morgan fingerprint density at radius 1 is 1.16 bits per heavy atom. The van der Waals surface area contributed by atoms with Crippen molar-refractivity contribution >= 4 is 11.8 Å². The molecule has 1 aromatic rings. The van der Waals surface area contributed by atoms with Crippen LogP contribution in [-0.2, 0) is 9.59 Å². The van der Waals surface area contributed by atoms with E-state index in [0.29, 0.717) is 13.1 Å². The molecule has 104 valence electrons. The maximum atomic E-state index is 11.4. The third kappa shape index (κ3) is 5.09. The van der Waals surface area contributed by atoms with Crippen molar-refractivity contribution in [2.24, 2.45) is 11.7 Å². The monoisotopic (exact) mass is 263 g/mol. The number of primary amides is 1. The van der Waals surface area contributed by atoms with Crippen molar-refractivity contribution in [3.05, 3.63) is 35.9 Å². The third-order valence-corrected chi connectivity index (χ3v) is 2.71. The van der Waals surface area contributed by atoms with Gasteiger partial charge in [0.1, 0.15) is 6.04 Å². The van der Waals surface area contributed by atoms with Crippen LogP contribution in [-0.4, -0.2) is 24.9 Å². The van der Waals surface area contributed by atoms with E-state index in [1.54, 1.807) is 0 Å². The second-order valence-electron chi connectivity index (χ2n) is 4.65.